The maximum atomic E-state index is 12.6. The number of alkyl halides is 3. The molecule has 6 heteroatoms. The molecule has 1 aromatic carbocycles. The summed E-state index contributed by atoms with van der Waals surface area (Å²) in [7, 11) is 0. The van der Waals surface area contributed by atoms with Gasteiger partial charge in [-0.3, -0.25) is 4.90 Å². The fourth-order valence-corrected chi connectivity index (χ4v) is 4.96. The summed E-state index contributed by atoms with van der Waals surface area (Å²) >= 11 is 0. The maximum Gasteiger partial charge on any atom is 0.416 e. The molecule has 1 aliphatic carbocycles. The lowest BCUT2D eigenvalue weighted by atomic mass is 10.1. The number of ether oxygens (including phenoxy) is 1. The standard InChI is InChI=1S/C22H31F3N2O/c23-22(24,25)18-7-5-17(6-8-18)13-27-14-19-20(15-27)21(19)16-28-12-4-11-26-9-2-1-3-10-26/h5-8,19-21H,1-4,9-16H2/t19-,20+,21+. The van der Waals surface area contributed by atoms with Gasteiger partial charge in [-0.2, -0.15) is 13.2 Å². The van der Waals surface area contributed by atoms with Gasteiger partial charge in [0.2, 0.25) is 0 Å². The molecule has 156 valence electrons. The van der Waals surface area contributed by atoms with Crippen molar-refractivity contribution in [3.05, 3.63) is 35.4 Å². The molecule has 3 aliphatic rings. The fraction of sp³-hybridized carbons (Fsp3) is 0.727. The van der Waals surface area contributed by atoms with Crippen LogP contribution in [0.1, 0.15) is 36.8 Å². The topological polar surface area (TPSA) is 15.7 Å². The second-order valence-corrected chi connectivity index (χ2v) is 8.71. The summed E-state index contributed by atoms with van der Waals surface area (Å²) in [5, 5.41) is 0. The van der Waals surface area contributed by atoms with Crippen molar-refractivity contribution in [2.45, 2.75) is 38.4 Å². The monoisotopic (exact) mass is 396 g/mol. The second-order valence-electron chi connectivity index (χ2n) is 8.71. The van der Waals surface area contributed by atoms with Crippen molar-refractivity contribution in [1.29, 1.82) is 0 Å². The van der Waals surface area contributed by atoms with Crippen LogP contribution in [0.4, 0.5) is 13.2 Å². The Kier molecular flexibility index (Phi) is 6.28. The van der Waals surface area contributed by atoms with E-state index in [1.165, 1.54) is 51.0 Å². The maximum absolute atomic E-state index is 12.6. The normalized spacial score (nSPS) is 28.5. The molecule has 1 saturated carbocycles. The number of halogens is 3. The molecule has 3 fully saturated rings. The van der Waals surface area contributed by atoms with Crippen LogP contribution in [0.3, 0.4) is 0 Å². The first-order chi connectivity index (χ1) is 13.5. The first-order valence-electron chi connectivity index (χ1n) is 10.7. The molecule has 3 nitrogen and oxygen atoms in total. The van der Waals surface area contributed by atoms with Crippen LogP contribution in [-0.2, 0) is 17.5 Å². The number of hydrogen-bond acceptors (Lipinski definition) is 3. The molecule has 3 atom stereocenters. The number of nitrogens with zero attached hydrogens (tertiary/aromatic N) is 2. The highest BCUT2D eigenvalue weighted by Crippen LogP contribution is 2.52. The van der Waals surface area contributed by atoms with E-state index in [1.807, 2.05) is 0 Å². The zero-order valence-electron chi connectivity index (χ0n) is 16.5. The Bertz CT molecular complexity index is 616. The molecule has 0 amide bonds. The van der Waals surface area contributed by atoms with Crippen molar-refractivity contribution in [3.63, 3.8) is 0 Å². The van der Waals surface area contributed by atoms with Gasteiger partial charge in [0.15, 0.2) is 0 Å². The van der Waals surface area contributed by atoms with Gasteiger partial charge < -0.3 is 9.64 Å². The smallest absolute Gasteiger partial charge is 0.381 e. The highest BCUT2D eigenvalue weighted by molar-refractivity contribution is 5.25. The molecule has 0 N–H and O–H groups in total. The molecule has 0 spiro atoms. The van der Waals surface area contributed by atoms with Crippen LogP contribution < -0.4 is 0 Å². The van der Waals surface area contributed by atoms with E-state index in [2.05, 4.69) is 9.80 Å². The van der Waals surface area contributed by atoms with Gasteiger partial charge in [0.25, 0.3) is 0 Å². The molecule has 2 aliphatic heterocycles. The largest absolute Gasteiger partial charge is 0.416 e. The van der Waals surface area contributed by atoms with Crippen LogP contribution in [0.5, 0.6) is 0 Å². The van der Waals surface area contributed by atoms with E-state index < -0.39 is 11.7 Å². The Morgan fingerprint density at radius 2 is 1.61 bits per heavy atom. The number of piperidine rings is 2. The first kappa shape index (κ1) is 20.2. The van der Waals surface area contributed by atoms with E-state index in [0.717, 1.165) is 56.7 Å². The summed E-state index contributed by atoms with van der Waals surface area (Å²) in [4.78, 5) is 4.92. The molecular weight excluding hydrogens is 365 g/mol. The van der Waals surface area contributed by atoms with Gasteiger partial charge in [-0.1, -0.05) is 18.6 Å². The van der Waals surface area contributed by atoms with Crippen molar-refractivity contribution in [1.82, 2.24) is 9.80 Å². The predicted molar refractivity (Wildman–Crippen MR) is 103 cm³/mol. The fourth-order valence-electron chi connectivity index (χ4n) is 4.96. The van der Waals surface area contributed by atoms with Gasteiger partial charge in [-0.25, -0.2) is 0 Å². The van der Waals surface area contributed by atoms with Crippen molar-refractivity contribution in [2.24, 2.45) is 17.8 Å². The van der Waals surface area contributed by atoms with E-state index in [-0.39, 0.29) is 0 Å². The van der Waals surface area contributed by atoms with E-state index in [9.17, 15) is 13.2 Å². The predicted octanol–water partition coefficient (Wildman–Crippen LogP) is 4.28. The van der Waals surface area contributed by atoms with E-state index in [0.29, 0.717) is 5.92 Å². The highest BCUT2D eigenvalue weighted by Gasteiger charge is 2.55. The number of benzene rings is 1. The Morgan fingerprint density at radius 1 is 0.929 bits per heavy atom. The quantitative estimate of drug-likeness (QED) is 0.610. The van der Waals surface area contributed by atoms with Gasteiger partial charge in [0.1, 0.15) is 0 Å². The molecule has 0 radical (unpaired) electrons. The van der Waals surface area contributed by atoms with Crippen molar-refractivity contribution >= 4 is 0 Å². The van der Waals surface area contributed by atoms with Crippen LogP contribution >= 0.6 is 0 Å². The van der Waals surface area contributed by atoms with E-state index >= 15 is 0 Å². The van der Waals surface area contributed by atoms with Crippen LogP contribution in [0.2, 0.25) is 0 Å². The van der Waals surface area contributed by atoms with Crippen LogP contribution in [0.25, 0.3) is 0 Å². The van der Waals surface area contributed by atoms with Gasteiger partial charge in [-0.15, -0.1) is 0 Å². The lowest BCUT2D eigenvalue weighted by molar-refractivity contribution is -0.137. The molecule has 0 bridgehead atoms. The van der Waals surface area contributed by atoms with Crippen molar-refractivity contribution in [3.8, 4) is 0 Å². The zero-order valence-corrected chi connectivity index (χ0v) is 16.5. The van der Waals surface area contributed by atoms with E-state index in [4.69, 9.17) is 4.74 Å². The molecule has 1 aromatic rings. The van der Waals surface area contributed by atoms with Crippen molar-refractivity contribution in [2.75, 3.05) is 45.9 Å². The molecule has 2 heterocycles. The van der Waals surface area contributed by atoms with Gasteiger partial charge >= 0.3 is 6.18 Å². The zero-order chi connectivity index (χ0) is 19.6. The minimum atomic E-state index is -4.26. The third-order valence-corrected chi connectivity index (χ3v) is 6.66. The molecule has 0 unspecified atom stereocenters. The lowest BCUT2D eigenvalue weighted by Gasteiger charge is -2.26. The minimum Gasteiger partial charge on any atom is -0.381 e. The van der Waals surface area contributed by atoms with Crippen LogP contribution in [0.15, 0.2) is 24.3 Å². The third kappa shape index (κ3) is 5.08. The first-order valence-corrected chi connectivity index (χ1v) is 10.7. The van der Waals surface area contributed by atoms with Gasteiger partial charge in [0, 0.05) is 32.8 Å². The Balaban J connectivity index is 1.09. The second kappa shape index (κ2) is 8.72. The summed E-state index contributed by atoms with van der Waals surface area (Å²) < 4.78 is 43.9. The Morgan fingerprint density at radius 3 is 2.25 bits per heavy atom. The molecule has 2 saturated heterocycles. The van der Waals surface area contributed by atoms with Crippen molar-refractivity contribution < 1.29 is 17.9 Å². The lowest BCUT2D eigenvalue weighted by Crippen LogP contribution is -2.31. The Hall–Kier alpha value is -1.11. The number of rotatable bonds is 8. The molecule has 4 rings (SSSR count). The molecule has 0 aromatic heterocycles. The summed E-state index contributed by atoms with van der Waals surface area (Å²) in [6.07, 6.45) is 0.939. The van der Waals surface area contributed by atoms with Crippen LogP contribution in [0, 0.1) is 17.8 Å². The van der Waals surface area contributed by atoms with Gasteiger partial charge in [0.05, 0.1) is 12.2 Å². The average Bonchev–Trinajstić information content (AvgIpc) is 3.13. The third-order valence-electron chi connectivity index (χ3n) is 6.66. The molecule has 28 heavy (non-hydrogen) atoms. The summed E-state index contributed by atoms with van der Waals surface area (Å²) in [5.74, 6) is 2.13. The Labute approximate surface area is 165 Å². The van der Waals surface area contributed by atoms with Crippen LogP contribution in [-0.4, -0.2) is 55.7 Å². The average molecular weight is 396 g/mol. The summed E-state index contributed by atoms with van der Waals surface area (Å²) in [6.45, 7) is 8.25. The minimum absolute atomic E-state index is 0.571. The summed E-state index contributed by atoms with van der Waals surface area (Å²) in [6, 6.07) is 5.59. The van der Waals surface area contributed by atoms with E-state index in [1.54, 1.807) is 12.1 Å². The number of fused-ring (bicyclic) bond motifs is 1. The SMILES string of the molecule is FC(F)(F)c1ccc(CN2C[C@@H]3[C@@H](COCCCN4CCCCC4)[C@@H]3C2)cc1. The summed E-state index contributed by atoms with van der Waals surface area (Å²) in [5.41, 5.74) is 0.387. The number of likely N-dealkylation sites (tertiary alicyclic amines) is 2. The molecular formula is C22H31F3N2O. The van der Waals surface area contributed by atoms with Gasteiger partial charge in [-0.05, 0) is 67.8 Å². The number of hydrogen-bond donors (Lipinski definition) is 0. The highest BCUT2D eigenvalue weighted by atomic mass is 19.4.